The molecule has 0 fully saturated rings. The molecule has 0 bridgehead atoms. The fourth-order valence-corrected chi connectivity index (χ4v) is 3.70. The molecule has 0 atom stereocenters. The van der Waals surface area contributed by atoms with Crippen LogP contribution in [0.4, 0.5) is 0 Å². The molecule has 0 aliphatic heterocycles. The first-order valence-electron chi connectivity index (χ1n) is 7.36. The molecule has 8 heteroatoms. The molecular formula is C18H12BrClO5S. The summed E-state index contributed by atoms with van der Waals surface area (Å²) in [5, 5.41) is 0.213. The van der Waals surface area contributed by atoms with Crippen molar-refractivity contribution in [2.45, 2.75) is 16.9 Å². The van der Waals surface area contributed by atoms with Gasteiger partial charge in [-0.1, -0.05) is 27.5 Å². The molecule has 26 heavy (non-hydrogen) atoms. The Balaban J connectivity index is 1.83. The zero-order chi connectivity index (χ0) is 18.9. The van der Waals surface area contributed by atoms with E-state index >= 15 is 0 Å². The number of carbonyl (C=O) groups excluding carboxylic acids is 1. The van der Waals surface area contributed by atoms with Crippen molar-refractivity contribution in [2.75, 3.05) is 0 Å². The van der Waals surface area contributed by atoms with Gasteiger partial charge in [0.05, 0.1) is 4.90 Å². The number of hydrogen-bond donors (Lipinski definition) is 0. The van der Waals surface area contributed by atoms with Crippen LogP contribution < -0.4 is 4.74 Å². The number of benzene rings is 2. The third-order valence-corrected chi connectivity index (χ3v) is 6.11. The van der Waals surface area contributed by atoms with Crippen LogP contribution in [-0.4, -0.2) is 14.4 Å². The van der Waals surface area contributed by atoms with Gasteiger partial charge in [0.2, 0.25) is 20.7 Å². The van der Waals surface area contributed by atoms with Gasteiger partial charge in [-0.25, -0.2) is 13.2 Å². The van der Waals surface area contributed by atoms with Crippen LogP contribution in [0.2, 0.25) is 5.02 Å². The van der Waals surface area contributed by atoms with Crippen molar-refractivity contribution >= 4 is 43.3 Å². The first-order chi connectivity index (χ1) is 12.3. The van der Waals surface area contributed by atoms with E-state index in [1.165, 1.54) is 30.3 Å². The van der Waals surface area contributed by atoms with Crippen LogP contribution in [0.25, 0.3) is 0 Å². The van der Waals surface area contributed by atoms with Crippen molar-refractivity contribution in [1.29, 1.82) is 0 Å². The van der Waals surface area contributed by atoms with Crippen molar-refractivity contribution < 1.29 is 22.4 Å². The van der Waals surface area contributed by atoms with Crippen LogP contribution in [0.1, 0.15) is 16.1 Å². The number of rotatable bonds is 4. The molecule has 0 radical (unpaired) electrons. The van der Waals surface area contributed by atoms with E-state index in [1.54, 1.807) is 31.2 Å². The van der Waals surface area contributed by atoms with Crippen LogP contribution in [-0.2, 0) is 9.84 Å². The number of esters is 1. The van der Waals surface area contributed by atoms with Crippen molar-refractivity contribution in [3.63, 3.8) is 0 Å². The molecule has 5 nitrogen and oxygen atoms in total. The summed E-state index contributed by atoms with van der Waals surface area (Å²) in [5.41, 5.74) is 0.745. The molecule has 1 heterocycles. The molecule has 134 valence electrons. The Bertz CT molecular complexity index is 1070. The van der Waals surface area contributed by atoms with Gasteiger partial charge >= 0.3 is 5.97 Å². The zero-order valence-electron chi connectivity index (χ0n) is 13.4. The minimum Gasteiger partial charge on any atom is -0.437 e. The Morgan fingerprint density at radius 1 is 1.08 bits per heavy atom. The van der Waals surface area contributed by atoms with Gasteiger partial charge in [-0.2, -0.15) is 0 Å². The molecule has 0 aliphatic carbocycles. The molecular weight excluding hydrogens is 444 g/mol. The zero-order valence-corrected chi connectivity index (χ0v) is 16.6. The number of hydrogen-bond acceptors (Lipinski definition) is 5. The molecule has 1 aromatic heterocycles. The van der Waals surface area contributed by atoms with Crippen LogP contribution in [0, 0.1) is 6.92 Å². The van der Waals surface area contributed by atoms with E-state index in [2.05, 4.69) is 15.9 Å². The second-order valence-corrected chi connectivity index (χ2v) is 8.58. The van der Waals surface area contributed by atoms with E-state index in [4.69, 9.17) is 20.8 Å². The fraction of sp³-hybridized carbons (Fsp3) is 0.0556. The van der Waals surface area contributed by atoms with Crippen LogP contribution >= 0.6 is 27.5 Å². The van der Waals surface area contributed by atoms with Crippen LogP contribution in [0.15, 0.2) is 73.5 Å². The predicted molar refractivity (Wildman–Crippen MR) is 99.4 cm³/mol. The predicted octanol–water partition coefficient (Wildman–Crippen LogP) is 5.06. The lowest BCUT2D eigenvalue weighted by Gasteiger charge is -2.04. The largest absolute Gasteiger partial charge is 0.437 e. The minimum absolute atomic E-state index is 0.0586. The maximum atomic E-state index is 12.5. The third-order valence-electron chi connectivity index (χ3n) is 3.51. The van der Waals surface area contributed by atoms with Gasteiger partial charge in [-0.3, -0.25) is 0 Å². The number of halogens is 2. The van der Waals surface area contributed by atoms with Crippen molar-refractivity contribution in [3.05, 3.63) is 75.4 Å². The highest BCUT2D eigenvalue weighted by Gasteiger charge is 2.24. The summed E-state index contributed by atoms with van der Waals surface area (Å²) in [6.45, 7) is 1.77. The SMILES string of the molecule is Cc1cc(OC(=O)c2ccc(S(=O)(=O)c3ccc(Br)cc3)o2)ccc1Cl. The molecule has 2 aromatic carbocycles. The average molecular weight is 456 g/mol. The summed E-state index contributed by atoms with van der Waals surface area (Å²) in [4.78, 5) is 12.2. The van der Waals surface area contributed by atoms with E-state index < -0.39 is 15.8 Å². The van der Waals surface area contributed by atoms with E-state index in [0.29, 0.717) is 5.02 Å². The Kier molecular flexibility index (Phi) is 5.22. The first-order valence-corrected chi connectivity index (χ1v) is 10.0. The van der Waals surface area contributed by atoms with E-state index in [-0.39, 0.29) is 21.5 Å². The average Bonchev–Trinajstić information content (AvgIpc) is 3.10. The molecule has 0 spiro atoms. The number of aryl methyl sites for hydroxylation is 1. The smallest absolute Gasteiger partial charge is 0.379 e. The first kappa shape index (κ1) is 18.7. The summed E-state index contributed by atoms with van der Waals surface area (Å²) in [6.07, 6.45) is 0. The standard InChI is InChI=1S/C18H12BrClO5S/c1-11-10-13(4-7-15(11)20)24-18(21)16-8-9-17(25-16)26(22,23)14-5-2-12(19)3-6-14/h2-10H,1H3. The molecule has 3 rings (SSSR count). The molecule has 3 aromatic rings. The second-order valence-electron chi connectivity index (χ2n) is 5.38. The molecule has 0 unspecified atom stereocenters. The van der Waals surface area contributed by atoms with Gasteiger partial charge in [0.25, 0.3) is 0 Å². The quantitative estimate of drug-likeness (QED) is 0.406. The molecule has 0 saturated carbocycles. The Labute approximate surface area is 163 Å². The maximum absolute atomic E-state index is 12.5. The number of furan rings is 1. The topological polar surface area (TPSA) is 73.6 Å². The normalized spacial score (nSPS) is 11.3. The summed E-state index contributed by atoms with van der Waals surface area (Å²) < 4.78 is 36.3. The highest BCUT2D eigenvalue weighted by atomic mass is 79.9. The summed E-state index contributed by atoms with van der Waals surface area (Å²) in [7, 11) is -3.87. The highest BCUT2D eigenvalue weighted by Crippen LogP contribution is 2.26. The van der Waals surface area contributed by atoms with Gasteiger partial charge in [0.15, 0.2) is 0 Å². The van der Waals surface area contributed by atoms with Crippen molar-refractivity contribution in [3.8, 4) is 5.75 Å². The van der Waals surface area contributed by atoms with Crippen molar-refractivity contribution in [1.82, 2.24) is 0 Å². The lowest BCUT2D eigenvalue weighted by Crippen LogP contribution is -2.07. The van der Waals surface area contributed by atoms with E-state index in [1.807, 2.05) is 0 Å². The minimum atomic E-state index is -3.87. The molecule has 0 aliphatic rings. The molecule has 0 N–H and O–H groups in total. The fourth-order valence-electron chi connectivity index (χ4n) is 2.14. The molecule has 0 saturated heterocycles. The van der Waals surface area contributed by atoms with Crippen LogP contribution in [0.5, 0.6) is 5.75 Å². The monoisotopic (exact) mass is 454 g/mol. The number of carbonyl (C=O) groups is 1. The van der Waals surface area contributed by atoms with E-state index in [9.17, 15) is 13.2 Å². The summed E-state index contributed by atoms with van der Waals surface area (Å²) in [6, 6.07) is 13.3. The van der Waals surface area contributed by atoms with E-state index in [0.717, 1.165) is 10.0 Å². The lowest BCUT2D eigenvalue weighted by atomic mass is 10.2. The maximum Gasteiger partial charge on any atom is 0.379 e. The Morgan fingerprint density at radius 2 is 1.77 bits per heavy atom. The Morgan fingerprint density at radius 3 is 2.42 bits per heavy atom. The Hall–Kier alpha value is -2.09. The molecule has 0 amide bonds. The third kappa shape index (κ3) is 3.85. The van der Waals surface area contributed by atoms with Gasteiger partial charge in [0, 0.05) is 9.50 Å². The van der Waals surface area contributed by atoms with Gasteiger partial charge in [-0.05, 0) is 67.1 Å². The number of ether oxygens (including phenoxy) is 1. The lowest BCUT2D eigenvalue weighted by molar-refractivity contribution is 0.0695. The second kappa shape index (κ2) is 7.26. The highest BCUT2D eigenvalue weighted by molar-refractivity contribution is 9.10. The number of sulfone groups is 1. The van der Waals surface area contributed by atoms with Gasteiger partial charge in [0.1, 0.15) is 5.75 Å². The van der Waals surface area contributed by atoms with Gasteiger partial charge in [-0.15, -0.1) is 0 Å². The summed E-state index contributed by atoms with van der Waals surface area (Å²) in [5.74, 6) is -0.733. The summed E-state index contributed by atoms with van der Waals surface area (Å²) >= 11 is 9.17. The van der Waals surface area contributed by atoms with Crippen LogP contribution in [0.3, 0.4) is 0 Å². The van der Waals surface area contributed by atoms with Crippen molar-refractivity contribution in [2.24, 2.45) is 0 Å². The van der Waals surface area contributed by atoms with Gasteiger partial charge < -0.3 is 9.15 Å².